The molecule has 1 aliphatic rings. The summed E-state index contributed by atoms with van der Waals surface area (Å²) in [5, 5.41) is 18.6. The molecule has 0 spiro atoms. The molecule has 0 unspecified atom stereocenters. The predicted octanol–water partition coefficient (Wildman–Crippen LogP) is -1.84. The molecule has 3 atom stereocenters. The van der Waals surface area contributed by atoms with Crippen LogP contribution in [-0.4, -0.2) is 38.6 Å². The van der Waals surface area contributed by atoms with E-state index in [-0.39, 0.29) is 18.7 Å². The summed E-state index contributed by atoms with van der Waals surface area (Å²) in [6.07, 6.45) is 2.90. The molecule has 0 saturated carbocycles. The first kappa shape index (κ1) is 12.6. The zero-order valence-corrected chi connectivity index (χ0v) is 9.37. The van der Waals surface area contributed by atoms with Gasteiger partial charge in [0.25, 0.3) is 5.56 Å². The van der Waals surface area contributed by atoms with Crippen molar-refractivity contribution in [3.05, 3.63) is 32.6 Å². The molecule has 1 saturated heterocycles. The third kappa shape index (κ3) is 2.09. The van der Waals surface area contributed by atoms with Gasteiger partial charge in [0, 0.05) is 12.5 Å². The van der Waals surface area contributed by atoms with E-state index in [2.05, 4.69) is 10.9 Å². The molecule has 0 aromatic carbocycles. The van der Waals surface area contributed by atoms with Crippen LogP contribution in [0, 0.1) is 12.3 Å². The van der Waals surface area contributed by atoms with Crippen molar-refractivity contribution >= 4 is 0 Å². The summed E-state index contributed by atoms with van der Waals surface area (Å²) in [6, 6.07) is 1.10. The quantitative estimate of drug-likeness (QED) is 0.536. The average Bonchev–Trinajstić information content (AvgIpc) is 2.68. The number of ether oxygens (including phenoxy) is 1. The SMILES string of the molecule is C#Cc1cc(=O)[nH]c(=O)n1[C@H]1C[C@H](O)[C@@H](CO)O1. The van der Waals surface area contributed by atoms with Gasteiger partial charge in [-0.3, -0.25) is 14.3 Å². The number of hydrogen-bond acceptors (Lipinski definition) is 5. The maximum atomic E-state index is 11.7. The largest absolute Gasteiger partial charge is 0.394 e. The summed E-state index contributed by atoms with van der Waals surface area (Å²) in [5.74, 6) is 2.22. The highest BCUT2D eigenvalue weighted by molar-refractivity contribution is 5.23. The summed E-state index contributed by atoms with van der Waals surface area (Å²) < 4.78 is 6.40. The summed E-state index contributed by atoms with van der Waals surface area (Å²) >= 11 is 0. The minimum Gasteiger partial charge on any atom is -0.394 e. The highest BCUT2D eigenvalue weighted by Gasteiger charge is 2.35. The molecule has 1 aromatic heterocycles. The first-order valence-electron chi connectivity index (χ1n) is 5.33. The van der Waals surface area contributed by atoms with Crippen LogP contribution in [0.1, 0.15) is 18.3 Å². The van der Waals surface area contributed by atoms with Crippen LogP contribution in [-0.2, 0) is 4.74 Å². The monoisotopic (exact) mass is 252 g/mol. The molecule has 96 valence electrons. The van der Waals surface area contributed by atoms with Crippen LogP contribution in [0.2, 0.25) is 0 Å². The molecular weight excluding hydrogens is 240 g/mol. The van der Waals surface area contributed by atoms with Crippen LogP contribution in [0.25, 0.3) is 0 Å². The van der Waals surface area contributed by atoms with E-state index in [4.69, 9.17) is 16.3 Å². The van der Waals surface area contributed by atoms with E-state index >= 15 is 0 Å². The van der Waals surface area contributed by atoms with Gasteiger partial charge < -0.3 is 14.9 Å². The van der Waals surface area contributed by atoms with Gasteiger partial charge in [0.05, 0.1) is 12.7 Å². The second-order valence-electron chi connectivity index (χ2n) is 3.95. The molecule has 1 aromatic rings. The lowest BCUT2D eigenvalue weighted by Gasteiger charge is -2.15. The molecular formula is C11H12N2O5. The van der Waals surface area contributed by atoms with E-state index in [0.29, 0.717) is 0 Å². The van der Waals surface area contributed by atoms with Crippen molar-refractivity contribution in [3.8, 4) is 12.3 Å². The Morgan fingerprint density at radius 1 is 1.61 bits per heavy atom. The molecule has 1 fully saturated rings. The number of nitrogens with one attached hydrogen (secondary N) is 1. The molecule has 1 aliphatic heterocycles. The first-order chi connectivity index (χ1) is 8.56. The van der Waals surface area contributed by atoms with Gasteiger partial charge in [-0.15, -0.1) is 6.42 Å². The Balaban J connectivity index is 2.45. The van der Waals surface area contributed by atoms with Gasteiger partial charge in [0.2, 0.25) is 0 Å². The highest BCUT2D eigenvalue weighted by Crippen LogP contribution is 2.27. The summed E-state index contributed by atoms with van der Waals surface area (Å²) in [4.78, 5) is 24.9. The van der Waals surface area contributed by atoms with Gasteiger partial charge in [-0.25, -0.2) is 4.79 Å². The maximum absolute atomic E-state index is 11.7. The van der Waals surface area contributed by atoms with Crippen LogP contribution in [0.15, 0.2) is 15.7 Å². The van der Waals surface area contributed by atoms with Crippen molar-refractivity contribution in [1.29, 1.82) is 0 Å². The molecule has 2 rings (SSSR count). The van der Waals surface area contributed by atoms with E-state index in [9.17, 15) is 14.7 Å². The fourth-order valence-corrected chi connectivity index (χ4v) is 1.94. The van der Waals surface area contributed by atoms with E-state index in [0.717, 1.165) is 10.6 Å². The van der Waals surface area contributed by atoms with Crippen molar-refractivity contribution in [3.63, 3.8) is 0 Å². The lowest BCUT2D eigenvalue weighted by Crippen LogP contribution is -2.34. The standard InChI is InChI=1S/C11H12N2O5/c1-2-6-3-9(16)12-11(17)13(6)10-4-7(15)8(5-14)18-10/h1,3,7-8,10,14-15H,4-5H2,(H,12,16,17)/t7-,8+,10+/m0/s1. The number of hydrogen-bond donors (Lipinski definition) is 3. The highest BCUT2D eigenvalue weighted by atomic mass is 16.5. The molecule has 0 radical (unpaired) electrons. The van der Waals surface area contributed by atoms with Gasteiger partial charge in [0.15, 0.2) is 0 Å². The number of rotatable bonds is 2. The van der Waals surface area contributed by atoms with Crippen molar-refractivity contribution in [1.82, 2.24) is 9.55 Å². The first-order valence-corrected chi connectivity index (χ1v) is 5.33. The Morgan fingerprint density at radius 2 is 2.33 bits per heavy atom. The fourth-order valence-electron chi connectivity index (χ4n) is 1.94. The number of aromatic amines is 1. The fraction of sp³-hybridized carbons (Fsp3) is 0.455. The zero-order valence-electron chi connectivity index (χ0n) is 9.37. The van der Waals surface area contributed by atoms with Crippen molar-refractivity contribution in [2.75, 3.05) is 6.61 Å². The third-order valence-corrected chi connectivity index (χ3v) is 2.80. The van der Waals surface area contributed by atoms with Gasteiger partial charge in [-0.2, -0.15) is 0 Å². The van der Waals surface area contributed by atoms with Crippen LogP contribution in [0.4, 0.5) is 0 Å². The average molecular weight is 252 g/mol. The summed E-state index contributed by atoms with van der Waals surface area (Å²) in [5.41, 5.74) is -1.23. The van der Waals surface area contributed by atoms with Gasteiger partial charge in [0.1, 0.15) is 18.0 Å². The summed E-state index contributed by atoms with van der Waals surface area (Å²) in [6.45, 7) is -0.360. The van der Waals surface area contributed by atoms with Crippen LogP contribution in [0.5, 0.6) is 0 Å². The second-order valence-corrected chi connectivity index (χ2v) is 3.95. The number of terminal acetylenes is 1. The summed E-state index contributed by atoms with van der Waals surface area (Å²) in [7, 11) is 0. The predicted molar refractivity (Wildman–Crippen MR) is 60.9 cm³/mol. The maximum Gasteiger partial charge on any atom is 0.331 e. The van der Waals surface area contributed by atoms with Gasteiger partial charge in [-0.1, -0.05) is 5.92 Å². The number of H-pyrrole nitrogens is 1. The van der Waals surface area contributed by atoms with Crippen LogP contribution in [0.3, 0.4) is 0 Å². The van der Waals surface area contributed by atoms with Crippen LogP contribution < -0.4 is 11.2 Å². The minimum absolute atomic E-state index is 0.0690. The van der Waals surface area contributed by atoms with Crippen molar-refractivity contribution in [2.45, 2.75) is 24.9 Å². The van der Waals surface area contributed by atoms with E-state index in [1.165, 1.54) is 0 Å². The van der Waals surface area contributed by atoms with E-state index < -0.39 is 29.7 Å². The minimum atomic E-state index is -0.885. The number of aliphatic hydroxyl groups excluding tert-OH is 2. The molecule has 0 aliphatic carbocycles. The number of aliphatic hydroxyl groups is 2. The van der Waals surface area contributed by atoms with Crippen molar-refractivity contribution in [2.24, 2.45) is 0 Å². The Labute approximate surface area is 102 Å². The van der Waals surface area contributed by atoms with Crippen LogP contribution >= 0.6 is 0 Å². The lowest BCUT2D eigenvalue weighted by molar-refractivity contribution is -0.0461. The Hall–Kier alpha value is -1.88. The Morgan fingerprint density at radius 3 is 2.89 bits per heavy atom. The molecule has 18 heavy (non-hydrogen) atoms. The number of nitrogens with zero attached hydrogens (tertiary/aromatic N) is 1. The molecule has 2 heterocycles. The van der Waals surface area contributed by atoms with E-state index in [1.807, 2.05) is 0 Å². The topological polar surface area (TPSA) is 105 Å². The molecule has 3 N–H and O–H groups in total. The number of aromatic nitrogens is 2. The smallest absolute Gasteiger partial charge is 0.331 e. The molecule has 0 bridgehead atoms. The third-order valence-electron chi connectivity index (χ3n) is 2.80. The lowest BCUT2D eigenvalue weighted by atomic mass is 10.2. The Kier molecular flexibility index (Phi) is 3.34. The van der Waals surface area contributed by atoms with Gasteiger partial charge >= 0.3 is 5.69 Å². The van der Waals surface area contributed by atoms with Crippen molar-refractivity contribution < 1.29 is 14.9 Å². The molecule has 0 amide bonds. The zero-order chi connectivity index (χ0) is 13.3. The Bertz CT molecular complexity index is 597. The van der Waals surface area contributed by atoms with E-state index in [1.54, 1.807) is 0 Å². The second kappa shape index (κ2) is 4.78. The molecule has 7 nitrogen and oxygen atoms in total. The van der Waals surface area contributed by atoms with Gasteiger partial charge in [-0.05, 0) is 0 Å². The normalized spacial score (nSPS) is 27.1. The molecule has 7 heteroatoms.